The summed E-state index contributed by atoms with van der Waals surface area (Å²) in [6.45, 7) is 1.71. The van der Waals surface area contributed by atoms with Gasteiger partial charge in [0.2, 0.25) is 17.4 Å². The zero-order chi connectivity index (χ0) is 22.5. The SMILES string of the molecule is CBc1cccc(C(=O)Oc2c(F)c(F)c(C(=O)NCc3ccccc3)c(F)c2F)c1. The molecule has 0 fully saturated rings. The molecule has 0 atom stereocenters. The highest BCUT2D eigenvalue weighted by Gasteiger charge is 2.31. The van der Waals surface area contributed by atoms with E-state index < -0.39 is 46.5 Å². The number of carbonyl (C=O) groups excluding carboxylic acids is 2. The molecule has 0 saturated carbocycles. The fraction of sp³-hybridized carbons (Fsp3) is 0.0909. The van der Waals surface area contributed by atoms with Crippen LogP contribution in [0.25, 0.3) is 0 Å². The van der Waals surface area contributed by atoms with Gasteiger partial charge >= 0.3 is 5.97 Å². The van der Waals surface area contributed by atoms with Gasteiger partial charge in [0.1, 0.15) is 5.56 Å². The molecule has 1 N–H and O–H groups in total. The maximum absolute atomic E-state index is 14.4. The predicted octanol–water partition coefficient (Wildman–Crippen LogP) is 3.50. The molecule has 0 radical (unpaired) electrons. The monoisotopic (exact) mass is 429 g/mol. The second-order valence-corrected chi connectivity index (χ2v) is 6.57. The van der Waals surface area contributed by atoms with E-state index in [1.165, 1.54) is 18.2 Å². The van der Waals surface area contributed by atoms with E-state index in [0.29, 0.717) is 12.8 Å². The highest BCUT2D eigenvalue weighted by Crippen LogP contribution is 2.30. The molecule has 0 aromatic heterocycles. The summed E-state index contributed by atoms with van der Waals surface area (Å²) in [6, 6.07) is 14.4. The molecule has 31 heavy (non-hydrogen) atoms. The second-order valence-electron chi connectivity index (χ2n) is 6.57. The Hall–Kier alpha value is -3.62. The van der Waals surface area contributed by atoms with Crippen LogP contribution in [0.1, 0.15) is 26.3 Å². The lowest BCUT2D eigenvalue weighted by atomic mass is 9.73. The average Bonchev–Trinajstić information content (AvgIpc) is 2.80. The van der Waals surface area contributed by atoms with Crippen LogP contribution in [0.2, 0.25) is 6.82 Å². The molecule has 0 heterocycles. The van der Waals surface area contributed by atoms with Crippen molar-refractivity contribution >= 4 is 24.6 Å². The van der Waals surface area contributed by atoms with Gasteiger partial charge in [-0.05, 0) is 11.6 Å². The number of carbonyl (C=O) groups is 2. The van der Waals surface area contributed by atoms with Crippen LogP contribution in [0.3, 0.4) is 0 Å². The Bertz CT molecular complexity index is 1110. The predicted molar refractivity (Wildman–Crippen MR) is 108 cm³/mol. The van der Waals surface area contributed by atoms with Crippen LogP contribution in [0.15, 0.2) is 54.6 Å². The van der Waals surface area contributed by atoms with E-state index in [1.807, 2.05) is 6.82 Å². The Labute approximate surface area is 176 Å². The van der Waals surface area contributed by atoms with Crippen molar-refractivity contribution in [2.45, 2.75) is 13.4 Å². The number of halogens is 4. The maximum atomic E-state index is 14.4. The topological polar surface area (TPSA) is 55.4 Å². The van der Waals surface area contributed by atoms with Crippen LogP contribution in [0.4, 0.5) is 17.6 Å². The molecule has 0 aliphatic carbocycles. The highest BCUT2D eigenvalue weighted by atomic mass is 19.2. The van der Waals surface area contributed by atoms with Gasteiger partial charge in [-0.1, -0.05) is 60.8 Å². The Morgan fingerprint density at radius 2 is 1.55 bits per heavy atom. The third kappa shape index (κ3) is 4.76. The summed E-state index contributed by atoms with van der Waals surface area (Å²) in [5.41, 5.74) is -0.141. The molecular formula is C22H16BF4NO3. The molecule has 9 heteroatoms. The van der Waals surface area contributed by atoms with Gasteiger partial charge in [0, 0.05) is 6.54 Å². The summed E-state index contributed by atoms with van der Waals surface area (Å²) in [4.78, 5) is 24.4. The van der Waals surface area contributed by atoms with E-state index in [-0.39, 0.29) is 12.1 Å². The van der Waals surface area contributed by atoms with Crippen LogP contribution >= 0.6 is 0 Å². The van der Waals surface area contributed by atoms with Gasteiger partial charge in [-0.2, -0.15) is 8.78 Å². The first-order chi connectivity index (χ1) is 14.8. The van der Waals surface area contributed by atoms with Crippen molar-refractivity contribution in [2.75, 3.05) is 0 Å². The standard InChI is InChI=1S/C22H16BF4NO3/c1-23-14-9-5-8-13(10-14)22(30)31-20-18(26)16(24)15(17(25)19(20)27)21(29)28-11-12-6-3-2-4-7-12/h2-10,23H,11H2,1H3,(H,28,29). The van der Waals surface area contributed by atoms with Crippen molar-refractivity contribution in [3.8, 4) is 5.75 Å². The summed E-state index contributed by atoms with van der Waals surface area (Å²) >= 11 is 0. The first-order valence-corrected chi connectivity index (χ1v) is 9.32. The third-order valence-corrected chi connectivity index (χ3v) is 4.51. The van der Waals surface area contributed by atoms with E-state index in [9.17, 15) is 27.2 Å². The fourth-order valence-corrected chi connectivity index (χ4v) is 2.84. The molecule has 158 valence electrons. The van der Waals surface area contributed by atoms with E-state index in [0.717, 1.165) is 5.46 Å². The van der Waals surface area contributed by atoms with Crippen molar-refractivity contribution < 1.29 is 31.9 Å². The lowest BCUT2D eigenvalue weighted by Gasteiger charge is -2.12. The van der Waals surface area contributed by atoms with Gasteiger partial charge in [0.15, 0.2) is 18.9 Å². The van der Waals surface area contributed by atoms with Crippen molar-refractivity contribution in [3.05, 3.63) is 94.6 Å². The van der Waals surface area contributed by atoms with Gasteiger partial charge < -0.3 is 10.1 Å². The summed E-state index contributed by atoms with van der Waals surface area (Å²) in [6.07, 6.45) is 0. The quantitative estimate of drug-likeness (QED) is 0.215. The lowest BCUT2D eigenvalue weighted by Crippen LogP contribution is -2.26. The van der Waals surface area contributed by atoms with Gasteiger partial charge in [-0.15, -0.1) is 0 Å². The molecule has 0 spiro atoms. The molecule has 4 nitrogen and oxygen atoms in total. The number of hydrogen-bond acceptors (Lipinski definition) is 3. The molecule has 0 aliphatic rings. The number of benzene rings is 3. The van der Waals surface area contributed by atoms with Crippen molar-refractivity contribution in [2.24, 2.45) is 0 Å². The summed E-state index contributed by atoms with van der Waals surface area (Å²) in [5.74, 6) is -12.0. The number of ether oxygens (including phenoxy) is 1. The largest absolute Gasteiger partial charge is 0.416 e. The Kier molecular flexibility index (Phi) is 6.74. The summed E-state index contributed by atoms with van der Waals surface area (Å²) in [5, 5.41) is 2.19. The van der Waals surface area contributed by atoms with E-state index in [4.69, 9.17) is 0 Å². The van der Waals surface area contributed by atoms with Crippen LogP contribution in [0, 0.1) is 23.3 Å². The fourth-order valence-electron chi connectivity index (χ4n) is 2.84. The number of amides is 1. The molecule has 3 rings (SSSR count). The van der Waals surface area contributed by atoms with E-state index >= 15 is 0 Å². The minimum atomic E-state index is -1.98. The lowest BCUT2D eigenvalue weighted by molar-refractivity contribution is 0.0717. The second kappa shape index (κ2) is 9.46. The minimum Gasteiger partial charge on any atom is -0.416 e. The number of nitrogens with one attached hydrogen (secondary N) is 1. The van der Waals surface area contributed by atoms with Gasteiger partial charge in [-0.25, -0.2) is 13.6 Å². The zero-order valence-corrected chi connectivity index (χ0v) is 16.3. The molecule has 0 unspecified atom stereocenters. The smallest absolute Gasteiger partial charge is 0.343 e. The molecule has 3 aromatic rings. The summed E-state index contributed by atoms with van der Waals surface area (Å²) in [7, 11) is 0.583. The third-order valence-electron chi connectivity index (χ3n) is 4.51. The molecule has 0 aliphatic heterocycles. The normalized spacial score (nSPS) is 10.5. The van der Waals surface area contributed by atoms with Gasteiger partial charge in [-0.3, -0.25) is 4.79 Å². The molecule has 0 bridgehead atoms. The molecular weight excluding hydrogens is 413 g/mol. The van der Waals surface area contributed by atoms with E-state index in [1.54, 1.807) is 36.4 Å². The first kappa shape index (κ1) is 22.1. The average molecular weight is 429 g/mol. The zero-order valence-electron chi connectivity index (χ0n) is 16.3. The minimum absolute atomic E-state index is 0.0522. The van der Waals surface area contributed by atoms with Crippen LogP contribution < -0.4 is 15.5 Å². The maximum Gasteiger partial charge on any atom is 0.343 e. The number of hydrogen-bond donors (Lipinski definition) is 1. The van der Waals surface area contributed by atoms with Crippen LogP contribution in [-0.4, -0.2) is 19.2 Å². The Balaban J connectivity index is 1.87. The molecule has 0 saturated heterocycles. The molecule has 1 amide bonds. The van der Waals surface area contributed by atoms with Gasteiger partial charge in [0.05, 0.1) is 5.56 Å². The highest BCUT2D eigenvalue weighted by molar-refractivity contribution is 6.52. The number of rotatable bonds is 6. The van der Waals surface area contributed by atoms with Gasteiger partial charge in [0.25, 0.3) is 5.91 Å². The van der Waals surface area contributed by atoms with Crippen molar-refractivity contribution in [3.63, 3.8) is 0 Å². The summed E-state index contributed by atoms with van der Waals surface area (Å²) < 4.78 is 62.2. The van der Waals surface area contributed by atoms with Crippen LogP contribution in [-0.2, 0) is 6.54 Å². The van der Waals surface area contributed by atoms with Crippen LogP contribution in [0.5, 0.6) is 5.75 Å². The number of esters is 1. The Morgan fingerprint density at radius 3 is 2.16 bits per heavy atom. The van der Waals surface area contributed by atoms with Crippen molar-refractivity contribution in [1.82, 2.24) is 5.32 Å². The Morgan fingerprint density at radius 1 is 0.903 bits per heavy atom. The van der Waals surface area contributed by atoms with E-state index in [2.05, 4.69) is 10.1 Å². The first-order valence-electron chi connectivity index (χ1n) is 9.32. The molecule has 3 aromatic carbocycles. The van der Waals surface area contributed by atoms with Crippen molar-refractivity contribution in [1.29, 1.82) is 0 Å².